The first-order valence-corrected chi connectivity index (χ1v) is 6.30. The average molecular weight is 284 g/mol. The fourth-order valence-electron chi connectivity index (χ4n) is 2.04. The maximum atomic E-state index is 11.8. The summed E-state index contributed by atoms with van der Waals surface area (Å²) in [5.74, 6) is -0.274. The molecule has 102 valence electrons. The van der Waals surface area contributed by atoms with Gasteiger partial charge in [0.25, 0.3) is 5.69 Å². The van der Waals surface area contributed by atoms with Crippen molar-refractivity contribution in [1.29, 1.82) is 0 Å². The number of rotatable bonds is 4. The first-order valence-electron chi connectivity index (χ1n) is 5.92. The first kappa shape index (κ1) is 13.8. The topological polar surface area (TPSA) is 98.3 Å². The molecule has 1 aromatic rings. The maximum absolute atomic E-state index is 11.8. The molecular weight excluding hydrogens is 270 g/mol. The predicted molar refractivity (Wildman–Crippen MR) is 72.1 cm³/mol. The molecule has 2 rings (SSSR count). The van der Waals surface area contributed by atoms with Crippen LogP contribution in [0.2, 0.25) is 5.02 Å². The highest BCUT2D eigenvalue weighted by Crippen LogP contribution is 2.33. The van der Waals surface area contributed by atoms with Gasteiger partial charge in [-0.1, -0.05) is 11.6 Å². The lowest BCUT2D eigenvalue weighted by atomic mass is 9.75. The molecule has 6 nitrogen and oxygen atoms in total. The fraction of sp³-hybridized carbons (Fsp3) is 0.417. The van der Waals surface area contributed by atoms with E-state index in [1.807, 2.05) is 0 Å². The number of amides is 1. The molecule has 0 atom stereocenters. The van der Waals surface area contributed by atoms with Crippen LogP contribution in [0.3, 0.4) is 0 Å². The molecule has 1 aromatic carbocycles. The molecule has 1 aliphatic carbocycles. The standard InChI is InChI=1S/C12H14ClN3O3/c13-9-3-2-8(16(18)19)6-10(9)15-11(17)7-12(14)4-1-5-12/h2-3,6H,1,4-5,7,14H2,(H,15,17). The van der Waals surface area contributed by atoms with Crippen LogP contribution in [-0.4, -0.2) is 16.4 Å². The number of halogens is 1. The molecule has 3 N–H and O–H groups in total. The molecule has 0 radical (unpaired) electrons. The molecule has 19 heavy (non-hydrogen) atoms. The second kappa shape index (κ2) is 5.14. The Bertz CT molecular complexity index is 529. The smallest absolute Gasteiger partial charge is 0.271 e. The van der Waals surface area contributed by atoms with E-state index in [0.29, 0.717) is 0 Å². The lowest BCUT2D eigenvalue weighted by Gasteiger charge is -2.37. The summed E-state index contributed by atoms with van der Waals surface area (Å²) in [6, 6.07) is 3.91. The Balaban J connectivity index is 2.07. The third kappa shape index (κ3) is 3.21. The molecule has 1 amide bonds. The normalized spacial score (nSPS) is 16.5. The van der Waals surface area contributed by atoms with Gasteiger partial charge in [-0.15, -0.1) is 0 Å². The van der Waals surface area contributed by atoms with Gasteiger partial charge in [-0.05, 0) is 25.3 Å². The summed E-state index contributed by atoms with van der Waals surface area (Å²) >= 11 is 5.90. The van der Waals surface area contributed by atoms with E-state index in [9.17, 15) is 14.9 Å². The van der Waals surface area contributed by atoms with Gasteiger partial charge >= 0.3 is 0 Å². The summed E-state index contributed by atoms with van der Waals surface area (Å²) in [6.07, 6.45) is 2.87. The van der Waals surface area contributed by atoms with Crippen LogP contribution < -0.4 is 11.1 Å². The lowest BCUT2D eigenvalue weighted by molar-refractivity contribution is -0.384. The van der Waals surface area contributed by atoms with Crippen molar-refractivity contribution in [2.45, 2.75) is 31.2 Å². The Labute approximate surface area is 115 Å². The van der Waals surface area contributed by atoms with E-state index in [2.05, 4.69) is 5.32 Å². The summed E-state index contributed by atoms with van der Waals surface area (Å²) in [5, 5.41) is 13.5. The summed E-state index contributed by atoms with van der Waals surface area (Å²) in [6.45, 7) is 0. The number of nitrogens with two attached hydrogens (primary N) is 1. The SMILES string of the molecule is NC1(CC(=O)Nc2cc([N+](=O)[O-])ccc2Cl)CCC1. The van der Waals surface area contributed by atoms with Crippen LogP contribution in [-0.2, 0) is 4.79 Å². The number of nitrogens with zero attached hydrogens (tertiary/aromatic N) is 1. The van der Waals surface area contributed by atoms with Crippen LogP contribution in [0.25, 0.3) is 0 Å². The number of benzene rings is 1. The highest BCUT2D eigenvalue weighted by molar-refractivity contribution is 6.33. The molecule has 0 unspecified atom stereocenters. The van der Waals surface area contributed by atoms with Gasteiger partial charge < -0.3 is 11.1 Å². The van der Waals surface area contributed by atoms with Gasteiger partial charge in [0, 0.05) is 24.1 Å². The molecule has 0 bridgehead atoms. The second-order valence-corrected chi connectivity index (χ2v) is 5.27. The Hall–Kier alpha value is -1.66. The second-order valence-electron chi connectivity index (χ2n) is 4.86. The van der Waals surface area contributed by atoms with E-state index >= 15 is 0 Å². The Kier molecular flexibility index (Phi) is 3.73. The van der Waals surface area contributed by atoms with E-state index in [0.717, 1.165) is 19.3 Å². The van der Waals surface area contributed by atoms with E-state index in [4.69, 9.17) is 17.3 Å². The summed E-state index contributed by atoms with van der Waals surface area (Å²) in [5.41, 5.74) is 5.66. The van der Waals surface area contributed by atoms with Crippen molar-refractivity contribution in [3.63, 3.8) is 0 Å². The van der Waals surface area contributed by atoms with Gasteiger partial charge in [0.15, 0.2) is 0 Å². The number of hydrogen-bond acceptors (Lipinski definition) is 4. The van der Waals surface area contributed by atoms with Crippen molar-refractivity contribution in [1.82, 2.24) is 0 Å². The van der Waals surface area contributed by atoms with Gasteiger partial charge in [0.2, 0.25) is 5.91 Å². The number of anilines is 1. The number of nitrogens with one attached hydrogen (secondary N) is 1. The lowest BCUT2D eigenvalue weighted by Crippen LogP contribution is -2.48. The largest absolute Gasteiger partial charge is 0.325 e. The number of carbonyl (C=O) groups is 1. The summed E-state index contributed by atoms with van der Waals surface area (Å²) < 4.78 is 0. The molecule has 1 aliphatic rings. The van der Waals surface area contributed by atoms with Gasteiger partial charge in [0.1, 0.15) is 0 Å². The van der Waals surface area contributed by atoms with E-state index in [1.165, 1.54) is 18.2 Å². The minimum atomic E-state index is -0.539. The zero-order valence-electron chi connectivity index (χ0n) is 10.2. The van der Waals surface area contributed by atoms with E-state index in [-0.39, 0.29) is 28.7 Å². The van der Waals surface area contributed by atoms with Crippen molar-refractivity contribution in [3.8, 4) is 0 Å². The third-order valence-corrected chi connectivity index (χ3v) is 3.63. The molecular formula is C12H14ClN3O3. The highest BCUT2D eigenvalue weighted by atomic mass is 35.5. The van der Waals surface area contributed by atoms with Gasteiger partial charge in [0.05, 0.1) is 15.6 Å². The van der Waals surface area contributed by atoms with Gasteiger partial charge in [-0.3, -0.25) is 14.9 Å². The van der Waals surface area contributed by atoms with Crippen molar-refractivity contribution in [2.75, 3.05) is 5.32 Å². The van der Waals surface area contributed by atoms with Crippen LogP contribution in [0.4, 0.5) is 11.4 Å². The number of non-ortho nitro benzene ring substituents is 1. The summed E-state index contributed by atoms with van der Waals surface area (Å²) in [7, 11) is 0. The number of nitro benzene ring substituents is 1. The first-order chi connectivity index (χ1) is 8.89. The monoisotopic (exact) mass is 283 g/mol. The molecule has 1 saturated carbocycles. The Morgan fingerprint density at radius 3 is 2.74 bits per heavy atom. The van der Waals surface area contributed by atoms with Crippen LogP contribution in [0, 0.1) is 10.1 Å². The highest BCUT2D eigenvalue weighted by Gasteiger charge is 2.34. The minimum absolute atomic E-state index is 0.120. The third-order valence-electron chi connectivity index (χ3n) is 3.30. The van der Waals surface area contributed by atoms with Crippen molar-refractivity contribution in [2.24, 2.45) is 5.73 Å². The summed E-state index contributed by atoms with van der Waals surface area (Å²) in [4.78, 5) is 22.0. The zero-order valence-corrected chi connectivity index (χ0v) is 10.9. The van der Waals surface area contributed by atoms with Crippen LogP contribution in [0.5, 0.6) is 0 Å². The fourth-order valence-corrected chi connectivity index (χ4v) is 2.21. The number of nitro groups is 1. The minimum Gasteiger partial charge on any atom is -0.325 e. The van der Waals surface area contributed by atoms with Crippen LogP contribution in [0.15, 0.2) is 18.2 Å². The Morgan fingerprint density at radius 1 is 1.53 bits per heavy atom. The molecule has 7 heteroatoms. The van der Waals surface area contributed by atoms with E-state index in [1.54, 1.807) is 0 Å². The molecule has 0 heterocycles. The average Bonchev–Trinajstić information content (AvgIpc) is 2.29. The van der Waals surface area contributed by atoms with Gasteiger partial charge in [-0.2, -0.15) is 0 Å². The number of hydrogen-bond donors (Lipinski definition) is 2. The molecule has 0 spiro atoms. The van der Waals surface area contributed by atoms with Gasteiger partial charge in [-0.25, -0.2) is 0 Å². The van der Waals surface area contributed by atoms with Crippen molar-refractivity contribution in [3.05, 3.63) is 33.3 Å². The van der Waals surface area contributed by atoms with Crippen LogP contribution in [0.1, 0.15) is 25.7 Å². The van der Waals surface area contributed by atoms with Crippen molar-refractivity contribution < 1.29 is 9.72 Å². The zero-order chi connectivity index (χ0) is 14.0. The molecule has 0 saturated heterocycles. The molecule has 0 aliphatic heterocycles. The van der Waals surface area contributed by atoms with E-state index < -0.39 is 10.5 Å². The predicted octanol–water partition coefficient (Wildman–Crippen LogP) is 2.46. The maximum Gasteiger partial charge on any atom is 0.271 e. The number of carbonyl (C=O) groups excluding carboxylic acids is 1. The molecule has 0 aromatic heterocycles. The van der Waals surface area contributed by atoms with Crippen LogP contribution >= 0.6 is 11.6 Å². The molecule has 1 fully saturated rings. The quantitative estimate of drug-likeness (QED) is 0.655. The Morgan fingerprint density at radius 2 is 2.21 bits per heavy atom. The van der Waals surface area contributed by atoms with Crippen molar-refractivity contribution >= 4 is 28.9 Å².